The Kier molecular flexibility index (Phi) is 7.99. The molecule has 1 aliphatic heterocycles. The predicted molar refractivity (Wildman–Crippen MR) is 84.9 cm³/mol. The quantitative estimate of drug-likeness (QED) is 0.840. The fourth-order valence-corrected chi connectivity index (χ4v) is 3.09. The van der Waals surface area contributed by atoms with Gasteiger partial charge in [-0.25, -0.2) is 4.39 Å². The lowest BCUT2D eigenvalue weighted by Crippen LogP contribution is -2.45. The molecule has 1 saturated heterocycles. The maximum atomic E-state index is 13.6. The Hall–Kier alpha value is -0.200. The Bertz CT molecular complexity index is 396. The lowest BCUT2D eigenvalue weighted by Gasteiger charge is -2.35. The lowest BCUT2D eigenvalue weighted by molar-refractivity contribution is 0.154. The molecule has 0 bridgehead atoms. The number of piperazine rings is 1. The van der Waals surface area contributed by atoms with E-state index in [2.05, 4.69) is 26.1 Å². The summed E-state index contributed by atoms with van der Waals surface area (Å²) in [7, 11) is 0. The molecule has 0 unspecified atom stereocenters. The molecule has 114 valence electrons. The molecule has 1 atom stereocenters. The zero-order chi connectivity index (χ0) is 13.7. The highest BCUT2D eigenvalue weighted by molar-refractivity contribution is 9.10. The Labute approximate surface area is 134 Å². The van der Waals surface area contributed by atoms with Crippen LogP contribution >= 0.6 is 28.3 Å². The van der Waals surface area contributed by atoms with Crippen molar-refractivity contribution < 1.29 is 9.50 Å². The van der Waals surface area contributed by atoms with E-state index in [4.69, 9.17) is 5.11 Å². The van der Waals surface area contributed by atoms with Crippen molar-refractivity contribution in [3.8, 4) is 0 Å². The van der Waals surface area contributed by atoms with Crippen molar-refractivity contribution in [1.82, 2.24) is 10.2 Å². The number of rotatable bonds is 5. The fraction of sp³-hybridized carbons (Fsp3) is 0.571. The monoisotopic (exact) mass is 366 g/mol. The van der Waals surface area contributed by atoms with E-state index in [-0.39, 0.29) is 30.9 Å². The van der Waals surface area contributed by atoms with Crippen molar-refractivity contribution in [2.45, 2.75) is 18.9 Å². The molecule has 1 aliphatic rings. The van der Waals surface area contributed by atoms with Crippen LogP contribution in [0.4, 0.5) is 4.39 Å². The van der Waals surface area contributed by atoms with Gasteiger partial charge in [0.25, 0.3) is 0 Å². The number of nitrogens with one attached hydrogen (secondary N) is 1. The Balaban J connectivity index is 0.00000200. The first-order valence-electron chi connectivity index (χ1n) is 6.72. The summed E-state index contributed by atoms with van der Waals surface area (Å²) in [6, 6.07) is 5.24. The molecular formula is C14H21BrClFN2O. The van der Waals surface area contributed by atoms with Gasteiger partial charge in [0.1, 0.15) is 5.82 Å². The minimum Gasteiger partial charge on any atom is -0.396 e. The van der Waals surface area contributed by atoms with Crippen LogP contribution in [0.3, 0.4) is 0 Å². The third kappa shape index (κ3) is 4.97. The summed E-state index contributed by atoms with van der Waals surface area (Å²) in [4.78, 5) is 2.37. The van der Waals surface area contributed by atoms with Crippen LogP contribution in [-0.4, -0.2) is 42.8 Å². The van der Waals surface area contributed by atoms with Gasteiger partial charge in [-0.2, -0.15) is 0 Å². The van der Waals surface area contributed by atoms with Gasteiger partial charge >= 0.3 is 0 Å². The van der Waals surface area contributed by atoms with Crippen molar-refractivity contribution >= 4 is 28.3 Å². The van der Waals surface area contributed by atoms with E-state index in [1.807, 2.05) is 6.07 Å². The molecule has 0 radical (unpaired) electrons. The van der Waals surface area contributed by atoms with Gasteiger partial charge in [-0.3, -0.25) is 4.90 Å². The minimum absolute atomic E-state index is 0. The highest BCUT2D eigenvalue weighted by Crippen LogP contribution is 2.29. The second kappa shape index (κ2) is 8.95. The van der Waals surface area contributed by atoms with Crippen LogP contribution in [0.5, 0.6) is 0 Å². The van der Waals surface area contributed by atoms with Gasteiger partial charge in [-0.05, 0) is 36.6 Å². The smallest absolute Gasteiger partial charge is 0.124 e. The van der Waals surface area contributed by atoms with E-state index in [9.17, 15) is 4.39 Å². The van der Waals surface area contributed by atoms with Gasteiger partial charge < -0.3 is 10.4 Å². The second-order valence-corrected chi connectivity index (χ2v) is 5.79. The summed E-state index contributed by atoms with van der Waals surface area (Å²) >= 11 is 3.35. The third-order valence-electron chi connectivity index (χ3n) is 3.50. The van der Waals surface area contributed by atoms with Crippen molar-refractivity contribution in [2.75, 3.05) is 32.8 Å². The van der Waals surface area contributed by atoms with Crippen LogP contribution in [0.25, 0.3) is 0 Å². The second-order valence-electron chi connectivity index (χ2n) is 4.87. The highest BCUT2D eigenvalue weighted by atomic mass is 79.9. The summed E-state index contributed by atoms with van der Waals surface area (Å²) in [5.74, 6) is -0.214. The SMILES string of the molecule is Cl.OCCC[C@@H](c1cc(F)cc(Br)c1)N1CCNCC1. The first kappa shape index (κ1) is 17.9. The molecule has 3 nitrogen and oxygen atoms in total. The maximum Gasteiger partial charge on any atom is 0.124 e. The summed E-state index contributed by atoms with van der Waals surface area (Å²) in [5, 5.41) is 12.4. The minimum atomic E-state index is -0.214. The zero-order valence-corrected chi connectivity index (χ0v) is 13.7. The summed E-state index contributed by atoms with van der Waals surface area (Å²) in [6.07, 6.45) is 1.59. The van der Waals surface area contributed by atoms with Gasteiger partial charge in [-0.1, -0.05) is 15.9 Å². The summed E-state index contributed by atoms with van der Waals surface area (Å²) in [5.41, 5.74) is 0.988. The number of hydrogen-bond donors (Lipinski definition) is 2. The largest absolute Gasteiger partial charge is 0.396 e. The number of hydrogen-bond acceptors (Lipinski definition) is 3. The molecule has 6 heteroatoms. The molecule has 2 rings (SSSR count). The van der Waals surface area contributed by atoms with Crippen LogP contribution in [0, 0.1) is 5.82 Å². The van der Waals surface area contributed by atoms with E-state index in [0.717, 1.165) is 49.1 Å². The maximum absolute atomic E-state index is 13.6. The van der Waals surface area contributed by atoms with Gasteiger partial charge in [0, 0.05) is 43.3 Å². The molecule has 0 aliphatic carbocycles. The van der Waals surface area contributed by atoms with E-state index in [1.165, 1.54) is 6.07 Å². The molecule has 1 heterocycles. The lowest BCUT2D eigenvalue weighted by atomic mass is 9.99. The molecule has 20 heavy (non-hydrogen) atoms. The predicted octanol–water partition coefficient (Wildman–Crippen LogP) is 2.73. The normalized spacial score (nSPS) is 17.6. The average Bonchev–Trinajstić information content (AvgIpc) is 2.39. The molecule has 2 N–H and O–H groups in total. The molecule has 1 fully saturated rings. The Morgan fingerprint density at radius 2 is 2.00 bits per heavy atom. The molecule has 0 amide bonds. The van der Waals surface area contributed by atoms with Crippen molar-refractivity contribution in [3.05, 3.63) is 34.1 Å². The van der Waals surface area contributed by atoms with Crippen LogP contribution in [-0.2, 0) is 0 Å². The van der Waals surface area contributed by atoms with E-state index >= 15 is 0 Å². The van der Waals surface area contributed by atoms with Gasteiger partial charge in [0.15, 0.2) is 0 Å². The van der Waals surface area contributed by atoms with Crippen LogP contribution < -0.4 is 5.32 Å². The highest BCUT2D eigenvalue weighted by Gasteiger charge is 2.22. The standard InChI is InChI=1S/C14H20BrFN2O.ClH/c15-12-8-11(9-13(16)10-12)14(2-1-7-19)18-5-3-17-4-6-18;/h8-10,14,17,19H,1-7H2;1H/t14-;/m0./s1. The molecule has 0 aromatic heterocycles. The molecular weight excluding hydrogens is 347 g/mol. The van der Waals surface area contributed by atoms with Gasteiger partial charge in [-0.15, -0.1) is 12.4 Å². The van der Waals surface area contributed by atoms with Crippen molar-refractivity contribution in [1.29, 1.82) is 0 Å². The first-order valence-corrected chi connectivity index (χ1v) is 7.51. The topological polar surface area (TPSA) is 35.5 Å². The number of halogens is 3. The molecule has 0 spiro atoms. The number of aliphatic hydroxyl groups excluding tert-OH is 1. The Morgan fingerprint density at radius 1 is 1.30 bits per heavy atom. The summed E-state index contributed by atoms with van der Waals surface area (Å²) in [6.45, 7) is 4.03. The van der Waals surface area contributed by atoms with E-state index < -0.39 is 0 Å². The summed E-state index contributed by atoms with van der Waals surface area (Å²) < 4.78 is 14.3. The Morgan fingerprint density at radius 3 is 2.60 bits per heavy atom. The fourth-order valence-electron chi connectivity index (χ4n) is 2.61. The third-order valence-corrected chi connectivity index (χ3v) is 3.96. The van der Waals surface area contributed by atoms with Crippen LogP contribution in [0.1, 0.15) is 24.4 Å². The average molecular weight is 368 g/mol. The molecule has 1 aromatic carbocycles. The van der Waals surface area contributed by atoms with Crippen molar-refractivity contribution in [3.63, 3.8) is 0 Å². The molecule has 1 aromatic rings. The van der Waals surface area contributed by atoms with Gasteiger partial charge in [0.2, 0.25) is 0 Å². The van der Waals surface area contributed by atoms with E-state index in [0.29, 0.717) is 0 Å². The number of aliphatic hydroxyl groups is 1. The van der Waals surface area contributed by atoms with E-state index in [1.54, 1.807) is 6.07 Å². The number of nitrogens with zero attached hydrogens (tertiary/aromatic N) is 1. The number of benzene rings is 1. The first-order chi connectivity index (χ1) is 9.20. The van der Waals surface area contributed by atoms with Gasteiger partial charge in [0.05, 0.1) is 0 Å². The molecule has 0 saturated carbocycles. The van der Waals surface area contributed by atoms with Crippen LogP contribution in [0.2, 0.25) is 0 Å². The van der Waals surface area contributed by atoms with Crippen molar-refractivity contribution in [2.24, 2.45) is 0 Å². The zero-order valence-electron chi connectivity index (χ0n) is 11.3. The van der Waals surface area contributed by atoms with Crippen LogP contribution in [0.15, 0.2) is 22.7 Å².